The molecule has 1 fully saturated rings. The van der Waals surface area contributed by atoms with Gasteiger partial charge in [0.2, 0.25) is 15.9 Å². The molecule has 0 aromatic heterocycles. The van der Waals surface area contributed by atoms with E-state index in [-0.39, 0.29) is 23.7 Å². The maximum atomic E-state index is 13.0. The summed E-state index contributed by atoms with van der Waals surface area (Å²) in [5.41, 5.74) is 4.59. The summed E-state index contributed by atoms with van der Waals surface area (Å²) in [6.07, 6.45) is 7.68. The van der Waals surface area contributed by atoms with Crippen molar-refractivity contribution in [1.29, 1.82) is 0 Å². The van der Waals surface area contributed by atoms with Crippen LogP contribution in [0.1, 0.15) is 43.7 Å². The molecule has 0 radical (unpaired) electrons. The normalized spacial score (nSPS) is 23.0. The predicted molar refractivity (Wildman–Crippen MR) is 125 cm³/mol. The standard InChI is InChI=1S/C25H30N2O3S/c1-2-31(29,30)26-23-15-16-27-24(23)18-19-9-8-12-21(17-19)22-13-7-6-11-20(22)10-4-3-5-14-25(27)28/h4,6-13,17,23-24,26H,2-3,5,14-16,18H2,1H3/b10-4+. The molecule has 4 rings (SSSR count). The summed E-state index contributed by atoms with van der Waals surface area (Å²) in [4.78, 5) is 14.9. The van der Waals surface area contributed by atoms with Crippen molar-refractivity contribution in [3.63, 3.8) is 0 Å². The molecule has 2 unspecified atom stereocenters. The fourth-order valence-electron chi connectivity index (χ4n) is 4.60. The topological polar surface area (TPSA) is 66.5 Å². The van der Waals surface area contributed by atoms with Crippen molar-refractivity contribution in [3.8, 4) is 11.1 Å². The first-order valence-corrected chi connectivity index (χ1v) is 12.8. The zero-order valence-corrected chi connectivity index (χ0v) is 18.8. The number of allylic oxidation sites excluding steroid dienone is 1. The second kappa shape index (κ2) is 9.37. The molecule has 2 aliphatic rings. The van der Waals surface area contributed by atoms with Gasteiger partial charge in [-0.05, 0) is 54.9 Å². The summed E-state index contributed by atoms with van der Waals surface area (Å²) in [7, 11) is -3.34. The van der Waals surface area contributed by atoms with Crippen molar-refractivity contribution in [2.45, 2.75) is 51.1 Å². The maximum Gasteiger partial charge on any atom is 0.222 e. The molecule has 2 aliphatic heterocycles. The van der Waals surface area contributed by atoms with Crippen molar-refractivity contribution in [1.82, 2.24) is 9.62 Å². The van der Waals surface area contributed by atoms with Gasteiger partial charge in [-0.15, -0.1) is 0 Å². The number of rotatable bonds is 3. The van der Waals surface area contributed by atoms with E-state index in [2.05, 4.69) is 53.3 Å². The fourth-order valence-corrected chi connectivity index (χ4v) is 5.51. The number of hydrogen-bond donors (Lipinski definition) is 1. The highest BCUT2D eigenvalue weighted by molar-refractivity contribution is 7.89. The van der Waals surface area contributed by atoms with Gasteiger partial charge in [-0.25, -0.2) is 13.1 Å². The van der Waals surface area contributed by atoms with Crippen LogP contribution in [0.25, 0.3) is 17.2 Å². The van der Waals surface area contributed by atoms with Crippen LogP contribution >= 0.6 is 0 Å². The van der Waals surface area contributed by atoms with Gasteiger partial charge in [0, 0.05) is 19.0 Å². The van der Waals surface area contributed by atoms with Gasteiger partial charge < -0.3 is 4.90 Å². The lowest BCUT2D eigenvalue weighted by atomic mass is 9.94. The number of nitrogens with zero attached hydrogens (tertiary/aromatic N) is 1. The number of fused-ring (bicyclic) bond motifs is 5. The Morgan fingerprint density at radius 2 is 1.97 bits per heavy atom. The molecule has 5 nitrogen and oxygen atoms in total. The number of benzene rings is 2. The Balaban J connectivity index is 1.72. The summed E-state index contributed by atoms with van der Waals surface area (Å²) >= 11 is 0. The number of nitrogens with one attached hydrogen (secondary N) is 1. The molecule has 2 heterocycles. The van der Waals surface area contributed by atoms with E-state index in [0.29, 0.717) is 25.8 Å². The quantitative estimate of drug-likeness (QED) is 0.788. The number of carbonyl (C=O) groups excluding carboxylic acids is 1. The van der Waals surface area contributed by atoms with Crippen LogP contribution in [0.15, 0.2) is 54.6 Å². The van der Waals surface area contributed by atoms with E-state index < -0.39 is 10.0 Å². The second-order valence-electron chi connectivity index (χ2n) is 8.36. The third-order valence-corrected chi connectivity index (χ3v) is 7.70. The summed E-state index contributed by atoms with van der Waals surface area (Å²) in [5.74, 6) is 0.160. The molecule has 2 aromatic carbocycles. The fraction of sp³-hybridized carbons (Fsp3) is 0.400. The van der Waals surface area contributed by atoms with Crippen molar-refractivity contribution in [2.24, 2.45) is 0 Å². The van der Waals surface area contributed by atoms with Gasteiger partial charge in [0.1, 0.15) is 0 Å². The Morgan fingerprint density at radius 1 is 1.13 bits per heavy atom. The van der Waals surface area contributed by atoms with Crippen molar-refractivity contribution in [3.05, 3.63) is 65.7 Å². The number of carbonyl (C=O) groups is 1. The molecule has 0 spiro atoms. The average Bonchev–Trinajstić information content (AvgIpc) is 3.15. The highest BCUT2D eigenvalue weighted by Gasteiger charge is 2.38. The Bertz CT molecular complexity index is 1080. The minimum absolute atomic E-state index is 0.0444. The summed E-state index contributed by atoms with van der Waals surface area (Å²) in [6.45, 7) is 2.24. The Labute approximate surface area is 185 Å². The van der Waals surface area contributed by atoms with Crippen LogP contribution in [0.2, 0.25) is 0 Å². The highest BCUT2D eigenvalue weighted by Crippen LogP contribution is 2.29. The Morgan fingerprint density at radius 3 is 2.81 bits per heavy atom. The van der Waals surface area contributed by atoms with Crippen molar-refractivity contribution in [2.75, 3.05) is 12.3 Å². The maximum absolute atomic E-state index is 13.0. The van der Waals surface area contributed by atoms with Crippen LogP contribution in [0.3, 0.4) is 0 Å². The first-order chi connectivity index (χ1) is 15.0. The lowest BCUT2D eigenvalue weighted by Gasteiger charge is -2.29. The van der Waals surface area contributed by atoms with E-state index in [9.17, 15) is 13.2 Å². The molecule has 1 amide bonds. The third kappa shape index (κ3) is 5.08. The zero-order valence-electron chi connectivity index (χ0n) is 18.0. The van der Waals surface area contributed by atoms with Gasteiger partial charge in [-0.1, -0.05) is 60.7 Å². The summed E-state index contributed by atoms with van der Waals surface area (Å²) < 4.78 is 27.4. The van der Waals surface area contributed by atoms with Crippen molar-refractivity contribution >= 4 is 22.0 Å². The highest BCUT2D eigenvalue weighted by atomic mass is 32.2. The van der Waals surface area contributed by atoms with Crippen LogP contribution < -0.4 is 4.72 Å². The largest absolute Gasteiger partial charge is 0.338 e. The van der Waals surface area contributed by atoms with E-state index in [1.54, 1.807) is 6.92 Å². The van der Waals surface area contributed by atoms with Crippen LogP contribution in [0, 0.1) is 0 Å². The summed E-state index contributed by atoms with van der Waals surface area (Å²) in [5, 5.41) is 0. The van der Waals surface area contributed by atoms with Crippen molar-refractivity contribution < 1.29 is 13.2 Å². The SMILES string of the molecule is CCS(=O)(=O)NC1CCN2C(=O)CCC/C=C/c3ccccc3-c3cccc(c3)CC12. The second-order valence-corrected chi connectivity index (χ2v) is 10.4. The van der Waals surface area contributed by atoms with Gasteiger partial charge in [0.05, 0.1) is 11.8 Å². The van der Waals surface area contributed by atoms with E-state index >= 15 is 0 Å². The Hall–Kier alpha value is -2.44. The van der Waals surface area contributed by atoms with Gasteiger partial charge in [0.15, 0.2) is 0 Å². The first-order valence-electron chi connectivity index (χ1n) is 11.1. The number of amides is 1. The van der Waals surface area contributed by atoms with Gasteiger partial charge in [-0.3, -0.25) is 4.79 Å². The van der Waals surface area contributed by atoms with Crippen LogP contribution in [-0.4, -0.2) is 43.6 Å². The molecule has 0 aliphatic carbocycles. The monoisotopic (exact) mass is 438 g/mol. The predicted octanol–water partition coefficient (Wildman–Crippen LogP) is 4.00. The third-order valence-electron chi connectivity index (χ3n) is 6.28. The van der Waals surface area contributed by atoms with Gasteiger partial charge >= 0.3 is 0 Å². The van der Waals surface area contributed by atoms with Gasteiger partial charge in [-0.2, -0.15) is 0 Å². The molecule has 2 aromatic rings. The molecule has 2 bridgehead atoms. The van der Waals surface area contributed by atoms with E-state index in [0.717, 1.165) is 24.0 Å². The number of hydrogen-bond acceptors (Lipinski definition) is 3. The molecule has 31 heavy (non-hydrogen) atoms. The molecule has 1 saturated heterocycles. The zero-order chi connectivity index (χ0) is 21.8. The molecule has 2 atom stereocenters. The molecule has 1 N–H and O–H groups in total. The van der Waals surface area contributed by atoms with Crippen LogP contribution in [-0.2, 0) is 21.2 Å². The first kappa shape index (κ1) is 21.8. The average molecular weight is 439 g/mol. The molecule has 164 valence electrons. The van der Waals surface area contributed by atoms with Crippen LogP contribution in [0.4, 0.5) is 0 Å². The minimum atomic E-state index is -3.34. The van der Waals surface area contributed by atoms with E-state index in [1.165, 1.54) is 11.1 Å². The van der Waals surface area contributed by atoms with Crippen LogP contribution in [0.5, 0.6) is 0 Å². The number of sulfonamides is 1. The lowest BCUT2D eigenvalue weighted by Crippen LogP contribution is -2.48. The van der Waals surface area contributed by atoms with E-state index in [4.69, 9.17) is 0 Å². The molecular weight excluding hydrogens is 408 g/mol. The van der Waals surface area contributed by atoms with Gasteiger partial charge in [0.25, 0.3) is 0 Å². The smallest absolute Gasteiger partial charge is 0.222 e. The minimum Gasteiger partial charge on any atom is -0.338 e. The van der Waals surface area contributed by atoms with E-state index in [1.807, 2.05) is 17.0 Å². The Kier molecular flexibility index (Phi) is 6.58. The summed E-state index contributed by atoms with van der Waals surface area (Å²) in [6, 6.07) is 16.3. The molecule has 0 saturated carbocycles. The molecule has 6 heteroatoms. The molecular formula is C25H30N2O3S. The lowest BCUT2D eigenvalue weighted by molar-refractivity contribution is -0.132.